The Morgan fingerprint density at radius 1 is 1.47 bits per heavy atom. The Balaban J connectivity index is 2.66. The van der Waals surface area contributed by atoms with Crippen molar-refractivity contribution in [2.45, 2.75) is 38.1 Å². The Kier molecular flexibility index (Phi) is 4.54. The van der Waals surface area contributed by atoms with Crippen LogP contribution in [0.25, 0.3) is 0 Å². The Bertz CT molecular complexity index is 216. The van der Waals surface area contributed by atoms with Gasteiger partial charge in [-0.15, -0.1) is 0 Å². The zero-order chi connectivity index (χ0) is 11.3. The molecule has 1 aliphatic heterocycles. The van der Waals surface area contributed by atoms with Crippen LogP contribution in [0.15, 0.2) is 0 Å². The molecule has 0 bridgehead atoms. The lowest BCUT2D eigenvalue weighted by molar-refractivity contribution is -0.125. The first-order valence-corrected chi connectivity index (χ1v) is 5.84. The minimum Gasteiger partial charge on any atom is -0.368 e. The van der Waals surface area contributed by atoms with E-state index >= 15 is 0 Å². The molecule has 1 unspecified atom stereocenters. The summed E-state index contributed by atoms with van der Waals surface area (Å²) in [7, 11) is 2.09. The van der Waals surface area contributed by atoms with Crippen LogP contribution in [-0.4, -0.2) is 43.0 Å². The third kappa shape index (κ3) is 3.18. The number of nitrogens with zero attached hydrogens (tertiary/aromatic N) is 1. The van der Waals surface area contributed by atoms with Crippen LogP contribution in [-0.2, 0) is 4.79 Å². The molecule has 1 saturated heterocycles. The molecule has 4 heteroatoms. The number of hydrogen-bond acceptors (Lipinski definition) is 3. The molecule has 1 heterocycles. The van der Waals surface area contributed by atoms with Gasteiger partial charge in [0.15, 0.2) is 0 Å². The first kappa shape index (κ1) is 12.5. The van der Waals surface area contributed by atoms with Gasteiger partial charge in [-0.1, -0.05) is 6.92 Å². The number of hydrogen-bond donors (Lipinski definition) is 2. The number of carbonyl (C=O) groups is 1. The summed E-state index contributed by atoms with van der Waals surface area (Å²) < 4.78 is 0. The Morgan fingerprint density at radius 2 is 2.20 bits per heavy atom. The fraction of sp³-hybridized carbons (Fsp3) is 0.909. The lowest BCUT2D eigenvalue weighted by atomic mass is 9.89. The van der Waals surface area contributed by atoms with Crippen LogP contribution in [0.3, 0.4) is 0 Å². The fourth-order valence-electron chi connectivity index (χ4n) is 2.14. The van der Waals surface area contributed by atoms with E-state index in [1.807, 2.05) is 0 Å². The van der Waals surface area contributed by atoms with Crippen molar-refractivity contribution in [2.75, 3.05) is 26.7 Å². The Morgan fingerprint density at radius 3 is 2.80 bits per heavy atom. The standard InChI is InChI=1S/C11H23N3O/c1-3-7-13-11(10(12)15)5-4-8-14(2)9-6-11/h13H,3-9H2,1-2H3,(H2,12,15). The summed E-state index contributed by atoms with van der Waals surface area (Å²) in [6, 6.07) is 0. The molecule has 88 valence electrons. The molecule has 0 aliphatic carbocycles. The van der Waals surface area contributed by atoms with Crippen molar-refractivity contribution in [2.24, 2.45) is 5.73 Å². The molecule has 0 aromatic carbocycles. The number of nitrogens with two attached hydrogens (primary N) is 1. The summed E-state index contributed by atoms with van der Waals surface area (Å²) in [5, 5.41) is 3.34. The van der Waals surface area contributed by atoms with Crippen molar-refractivity contribution in [1.82, 2.24) is 10.2 Å². The van der Waals surface area contributed by atoms with E-state index in [4.69, 9.17) is 5.73 Å². The van der Waals surface area contributed by atoms with Crippen molar-refractivity contribution in [3.63, 3.8) is 0 Å². The fourth-order valence-corrected chi connectivity index (χ4v) is 2.14. The molecular formula is C11H23N3O. The first-order chi connectivity index (χ1) is 7.10. The average molecular weight is 213 g/mol. The summed E-state index contributed by atoms with van der Waals surface area (Å²) in [6.07, 6.45) is 3.77. The second-order valence-corrected chi connectivity index (χ2v) is 4.53. The second-order valence-electron chi connectivity index (χ2n) is 4.53. The van der Waals surface area contributed by atoms with E-state index in [9.17, 15) is 4.79 Å². The van der Waals surface area contributed by atoms with Gasteiger partial charge in [-0.2, -0.15) is 0 Å². The van der Waals surface area contributed by atoms with Crippen molar-refractivity contribution in [3.05, 3.63) is 0 Å². The number of carbonyl (C=O) groups excluding carboxylic acids is 1. The van der Waals surface area contributed by atoms with Gasteiger partial charge in [-0.05, 0) is 45.8 Å². The maximum Gasteiger partial charge on any atom is 0.237 e. The van der Waals surface area contributed by atoms with E-state index in [-0.39, 0.29) is 5.91 Å². The third-order valence-electron chi connectivity index (χ3n) is 3.25. The van der Waals surface area contributed by atoms with Gasteiger partial charge in [-0.25, -0.2) is 0 Å². The molecular weight excluding hydrogens is 190 g/mol. The highest BCUT2D eigenvalue weighted by atomic mass is 16.1. The highest BCUT2D eigenvalue weighted by Crippen LogP contribution is 2.21. The number of likely N-dealkylation sites (tertiary alicyclic amines) is 1. The topological polar surface area (TPSA) is 58.4 Å². The molecule has 0 aromatic rings. The molecule has 4 nitrogen and oxygen atoms in total. The number of nitrogens with one attached hydrogen (secondary N) is 1. The average Bonchev–Trinajstić information content (AvgIpc) is 2.39. The minimum atomic E-state index is -0.458. The maximum absolute atomic E-state index is 11.6. The monoisotopic (exact) mass is 213 g/mol. The molecule has 0 spiro atoms. The van der Waals surface area contributed by atoms with Crippen molar-refractivity contribution >= 4 is 5.91 Å². The van der Waals surface area contributed by atoms with E-state index in [0.717, 1.165) is 45.3 Å². The predicted octanol–water partition coefficient (Wildman–Crippen LogP) is 0.326. The van der Waals surface area contributed by atoms with Gasteiger partial charge in [0.1, 0.15) is 0 Å². The van der Waals surface area contributed by atoms with Crippen LogP contribution < -0.4 is 11.1 Å². The van der Waals surface area contributed by atoms with E-state index in [0.29, 0.717) is 0 Å². The molecule has 0 radical (unpaired) electrons. The van der Waals surface area contributed by atoms with E-state index in [1.165, 1.54) is 0 Å². The highest BCUT2D eigenvalue weighted by Gasteiger charge is 2.36. The molecule has 0 aromatic heterocycles. The van der Waals surface area contributed by atoms with E-state index < -0.39 is 5.54 Å². The van der Waals surface area contributed by atoms with Gasteiger partial charge in [-0.3, -0.25) is 4.79 Å². The van der Waals surface area contributed by atoms with E-state index in [1.54, 1.807) is 0 Å². The van der Waals surface area contributed by atoms with Gasteiger partial charge in [0.25, 0.3) is 0 Å². The lowest BCUT2D eigenvalue weighted by Crippen LogP contribution is -2.56. The van der Waals surface area contributed by atoms with Crippen LogP contribution in [0, 0.1) is 0 Å². The normalized spacial score (nSPS) is 28.7. The maximum atomic E-state index is 11.6. The molecule has 1 atom stereocenters. The SMILES string of the molecule is CCCNC1(C(N)=O)CCCN(C)CC1. The van der Waals surface area contributed by atoms with Crippen LogP contribution in [0.1, 0.15) is 32.6 Å². The summed E-state index contributed by atoms with van der Waals surface area (Å²) in [5.41, 5.74) is 5.08. The molecule has 15 heavy (non-hydrogen) atoms. The second kappa shape index (κ2) is 5.47. The highest BCUT2D eigenvalue weighted by molar-refractivity contribution is 5.84. The van der Waals surface area contributed by atoms with Crippen molar-refractivity contribution < 1.29 is 4.79 Å². The van der Waals surface area contributed by atoms with Gasteiger partial charge < -0.3 is 16.0 Å². The molecule has 1 aliphatic rings. The first-order valence-electron chi connectivity index (χ1n) is 5.84. The van der Waals surface area contributed by atoms with Crippen LogP contribution in [0.2, 0.25) is 0 Å². The summed E-state index contributed by atoms with van der Waals surface area (Å²) in [5.74, 6) is -0.189. The number of primary amides is 1. The van der Waals surface area contributed by atoms with Crippen molar-refractivity contribution in [3.8, 4) is 0 Å². The summed E-state index contributed by atoms with van der Waals surface area (Å²) in [6.45, 7) is 4.97. The van der Waals surface area contributed by atoms with Gasteiger partial charge in [0.2, 0.25) is 5.91 Å². The smallest absolute Gasteiger partial charge is 0.237 e. The zero-order valence-electron chi connectivity index (χ0n) is 9.88. The molecule has 0 saturated carbocycles. The molecule has 3 N–H and O–H groups in total. The third-order valence-corrected chi connectivity index (χ3v) is 3.25. The lowest BCUT2D eigenvalue weighted by Gasteiger charge is -2.30. The van der Waals surface area contributed by atoms with Gasteiger partial charge >= 0.3 is 0 Å². The Hall–Kier alpha value is -0.610. The zero-order valence-corrected chi connectivity index (χ0v) is 9.88. The quantitative estimate of drug-likeness (QED) is 0.707. The minimum absolute atomic E-state index is 0.189. The Labute approximate surface area is 92.2 Å². The summed E-state index contributed by atoms with van der Waals surface area (Å²) >= 11 is 0. The van der Waals surface area contributed by atoms with Crippen LogP contribution in [0.4, 0.5) is 0 Å². The number of amides is 1. The van der Waals surface area contributed by atoms with Gasteiger partial charge in [0.05, 0.1) is 5.54 Å². The largest absolute Gasteiger partial charge is 0.368 e. The predicted molar refractivity (Wildman–Crippen MR) is 61.6 cm³/mol. The molecule has 1 fully saturated rings. The summed E-state index contributed by atoms with van der Waals surface area (Å²) in [4.78, 5) is 13.8. The molecule has 1 amide bonds. The van der Waals surface area contributed by atoms with E-state index in [2.05, 4.69) is 24.2 Å². The number of rotatable bonds is 4. The molecule has 1 rings (SSSR count). The van der Waals surface area contributed by atoms with Crippen LogP contribution >= 0.6 is 0 Å². The van der Waals surface area contributed by atoms with Crippen LogP contribution in [0.5, 0.6) is 0 Å². The van der Waals surface area contributed by atoms with Gasteiger partial charge in [0, 0.05) is 6.54 Å². The van der Waals surface area contributed by atoms with Crippen molar-refractivity contribution in [1.29, 1.82) is 0 Å².